The minimum atomic E-state index is -3.62. The number of sulfonamides is 1. The van der Waals surface area contributed by atoms with Crippen molar-refractivity contribution >= 4 is 21.9 Å². The van der Waals surface area contributed by atoms with Gasteiger partial charge in [-0.3, -0.25) is 9.59 Å². The van der Waals surface area contributed by atoms with Crippen LogP contribution in [0.25, 0.3) is 0 Å². The summed E-state index contributed by atoms with van der Waals surface area (Å²) in [5.74, 6) is -1.34. The number of rotatable bonds is 8. The lowest BCUT2D eigenvalue weighted by molar-refractivity contribution is -0.140. The molecule has 0 aromatic rings. The lowest BCUT2D eigenvalue weighted by Crippen LogP contribution is -2.48. The normalized spacial score (nSPS) is 17.6. The van der Waals surface area contributed by atoms with Gasteiger partial charge in [0.1, 0.15) is 6.04 Å². The Labute approximate surface area is 119 Å². The van der Waals surface area contributed by atoms with Gasteiger partial charge in [0.05, 0.1) is 5.75 Å². The largest absolute Gasteiger partial charge is 0.480 e. The van der Waals surface area contributed by atoms with Crippen LogP contribution < -0.4 is 5.32 Å². The molecule has 0 radical (unpaired) electrons. The summed E-state index contributed by atoms with van der Waals surface area (Å²) in [6, 6.07) is -1.13. The molecule has 2 N–H and O–H groups in total. The molecule has 20 heavy (non-hydrogen) atoms. The third-order valence-electron chi connectivity index (χ3n) is 3.52. The molecule has 1 rings (SSSR count). The van der Waals surface area contributed by atoms with Crippen LogP contribution in [0.4, 0.5) is 0 Å². The molecule has 1 amide bonds. The molecular weight excluding hydrogens is 284 g/mol. The van der Waals surface area contributed by atoms with Gasteiger partial charge in [-0.05, 0) is 25.7 Å². The number of nitrogens with one attached hydrogen (secondary N) is 1. The Hall–Kier alpha value is -1.15. The third-order valence-corrected chi connectivity index (χ3v) is 5.63. The van der Waals surface area contributed by atoms with Crippen LogP contribution in [0.15, 0.2) is 0 Å². The zero-order valence-electron chi connectivity index (χ0n) is 11.8. The first-order chi connectivity index (χ1) is 9.24. The number of hydrogen-bond donors (Lipinski definition) is 2. The van der Waals surface area contributed by atoms with Crippen molar-refractivity contribution in [1.82, 2.24) is 9.62 Å². The van der Waals surface area contributed by atoms with E-state index in [9.17, 15) is 18.0 Å². The fourth-order valence-electron chi connectivity index (χ4n) is 2.09. The third kappa shape index (κ3) is 4.75. The molecule has 0 spiro atoms. The van der Waals surface area contributed by atoms with Crippen LogP contribution in [-0.2, 0) is 19.6 Å². The Balaban J connectivity index is 2.73. The molecule has 1 fully saturated rings. The molecule has 1 aliphatic rings. The van der Waals surface area contributed by atoms with E-state index < -0.39 is 22.0 Å². The van der Waals surface area contributed by atoms with Crippen molar-refractivity contribution in [3.05, 3.63) is 0 Å². The van der Waals surface area contributed by atoms with Crippen LogP contribution in [0.1, 0.15) is 33.1 Å². The van der Waals surface area contributed by atoms with Crippen LogP contribution in [0.5, 0.6) is 0 Å². The Bertz CT molecular complexity index is 458. The molecule has 0 aliphatic heterocycles. The number of hydrogen-bond acceptors (Lipinski definition) is 4. The van der Waals surface area contributed by atoms with Gasteiger partial charge in [-0.2, -0.15) is 4.31 Å². The minimum absolute atomic E-state index is 0.00923. The first-order valence-corrected chi connectivity index (χ1v) is 8.31. The van der Waals surface area contributed by atoms with Crippen molar-refractivity contribution in [2.24, 2.45) is 5.92 Å². The maximum Gasteiger partial charge on any atom is 0.321 e. The Kier molecular flexibility index (Phi) is 5.94. The topological polar surface area (TPSA) is 104 Å². The van der Waals surface area contributed by atoms with E-state index in [0.29, 0.717) is 0 Å². The van der Waals surface area contributed by atoms with Gasteiger partial charge >= 0.3 is 5.97 Å². The highest BCUT2D eigenvalue weighted by molar-refractivity contribution is 7.89. The van der Waals surface area contributed by atoms with Crippen molar-refractivity contribution in [3.8, 4) is 0 Å². The average Bonchev–Trinajstić information content (AvgIpc) is 2.28. The predicted molar refractivity (Wildman–Crippen MR) is 73.6 cm³/mol. The van der Waals surface area contributed by atoms with E-state index in [1.807, 2.05) is 0 Å². The molecule has 0 heterocycles. The van der Waals surface area contributed by atoms with E-state index in [1.165, 1.54) is 13.8 Å². The summed E-state index contributed by atoms with van der Waals surface area (Å²) in [5, 5.41) is 11.5. The highest BCUT2D eigenvalue weighted by atomic mass is 32.2. The number of amides is 1. The zero-order chi connectivity index (χ0) is 15.3. The molecule has 1 unspecified atom stereocenters. The molecule has 0 aromatic carbocycles. The number of carbonyl (C=O) groups is 2. The molecule has 1 aliphatic carbocycles. The van der Waals surface area contributed by atoms with E-state index in [4.69, 9.17) is 5.11 Å². The van der Waals surface area contributed by atoms with E-state index in [1.54, 1.807) is 0 Å². The second-order valence-corrected chi connectivity index (χ2v) is 7.15. The van der Waals surface area contributed by atoms with Crippen LogP contribution >= 0.6 is 0 Å². The Morgan fingerprint density at radius 3 is 2.40 bits per heavy atom. The van der Waals surface area contributed by atoms with Gasteiger partial charge in [0.25, 0.3) is 0 Å². The number of nitrogens with zero attached hydrogens (tertiary/aromatic N) is 1. The first-order valence-electron chi connectivity index (χ1n) is 6.71. The molecule has 8 heteroatoms. The van der Waals surface area contributed by atoms with Crippen LogP contribution in [0, 0.1) is 5.92 Å². The van der Waals surface area contributed by atoms with Crippen molar-refractivity contribution in [2.75, 3.05) is 18.8 Å². The van der Waals surface area contributed by atoms with E-state index in [-0.39, 0.29) is 30.7 Å². The Morgan fingerprint density at radius 1 is 1.40 bits per heavy atom. The second kappa shape index (κ2) is 7.03. The van der Waals surface area contributed by atoms with Gasteiger partial charge in [0.15, 0.2) is 0 Å². The van der Waals surface area contributed by atoms with E-state index >= 15 is 0 Å². The van der Waals surface area contributed by atoms with Gasteiger partial charge in [-0.25, -0.2) is 8.42 Å². The zero-order valence-corrected chi connectivity index (χ0v) is 12.6. The Morgan fingerprint density at radius 2 is 2.00 bits per heavy atom. The predicted octanol–water partition coefficient (Wildman–Crippen LogP) is 0.0275. The maximum atomic E-state index is 12.3. The van der Waals surface area contributed by atoms with E-state index in [2.05, 4.69) is 5.32 Å². The molecular formula is C12H22N2O5S. The monoisotopic (exact) mass is 306 g/mol. The van der Waals surface area contributed by atoms with Gasteiger partial charge in [0.2, 0.25) is 15.9 Å². The molecule has 0 aromatic heterocycles. The number of carboxylic acid groups (broad SMARTS) is 1. The number of carboxylic acids is 1. The summed E-state index contributed by atoms with van der Waals surface area (Å²) in [5.41, 5.74) is 0. The van der Waals surface area contributed by atoms with Crippen LogP contribution in [0.3, 0.4) is 0 Å². The summed E-state index contributed by atoms with van der Waals surface area (Å²) in [4.78, 5) is 21.9. The molecule has 0 bridgehead atoms. The van der Waals surface area contributed by atoms with Gasteiger partial charge in [-0.1, -0.05) is 6.42 Å². The summed E-state index contributed by atoms with van der Waals surface area (Å²) >= 11 is 0. The number of carbonyl (C=O) groups excluding carboxylic acids is 1. The van der Waals surface area contributed by atoms with Crippen molar-refractivity contribution in [2.45, 2.75) is 39.2 Å². The first kappa shape index (κ1) is 16.9. The van der Waals surface area contributed by atoms with Gasteiger partial charge in [0, 0.05) is 20.0 Å². The van der Waals surface area contributed by atoms with E-state index in [0.717, 1.165) is 23.6 Å². The summed E-state index contributed by atoms with van der Waals surface area (Å²) in [7, 11) is -3.62. The SMILES string of the molecule is CC(=O)NCCN(C(C)C(=O)O)S(=O)(=O)CC1CCC1. The molecule has 7 nitrogen and oxygen atoms in total. The molecule has 1 saturated carbocycles. The number of aliphatic carboxylic acids is 1. The minimum Gasteiger partial charge on any atom is -0.480 e. The average molecular weight is 306 g/mol. The summed E-state index contributed by atoms with van der Waals surface area (Å²) in [6.07, 6.45) is 2.78. The maximum absolute atomic E-state index is 12.3. The smallest absolute Gasteiger partial charge is 0.321 e. The quantitative estimate of drug-likeness (QED) is 0.658. The fraction of sp³-hybridized carbons (Fsp3) is 0.833. The van der Waals surface area contributed by atoms with Crippen molar-refractivity contribution in [3.63, 3.8) is 0 Å². The lowest BCUT2D eigenvalue weighted by Gasteiger charge is -2.31. The summed E-state index contributed by atoms with van der Waals surface area (Å²) in [6.45, 7) is 2.75. The molecule has 0 saturated heterocycles. The van der Waals surface area contributed by atoms with Crippen molar-refractivity contribution in [1.29, 1.82) is 0 Å². The van der Waals surface area contributed by atoms with Gasteiger partial charge in [-0.15, -0.1) is 0 Å². The standard InChI is InChI=1S/C12H22N2O5S/c1-9(12(16)17)14(7-6-13-10(2)15)20(18,19)8-11-4-3-5-11/h9,11H,3-8H2,1-2H3,(H,13,15)(H,16,17). The summed E-state index contributed by atoms with van der Waals surface area (Å²) < 4.78 is 25.6. The lowest BCUT2D eigenvalue weighted by atomic mass is 9.87. The van der Waals surface area contributed by atoms with Crippen LogP contribution in [-0.4, -0.2) is 54.6 Å². The van der Waals surface area contributed by atoms with Gasteiger partial charge < -0.3 is 10.4 Å². The highest BCUT2D eigenvalue weighted by Crippen LogP contribution is 2.28. The second-order valence-electron chi connectivity index (χ2n) is 5.18. The highest BCUT2D eigenvalue weighted by Gasteiger charge is 2.34. The molecule has 116 valence electrons. The van der Waals surface area contributed by atoms with Crippen LogP contribution in [0.2, 0.25) is 0 Å². The fourth-order valence-corrected chi connectivity index (χ4v) is 4.15. The molecule has 1 atom stereocenters. The van der Waals surface area contributed by atoms with Crippen molar-refractivity contribution < 1.29 is 23.1 Å².